The number of para-hydroxylation sites is 1. The second kappa shape index (κ2) is 11.5. The molecule has 0 fully saturated rings. The van der Waals surface area contributed by atoms with Crippen molar-refractivity contribution in [2.45, 2.75) is 26.5 Å². The highest BCUT2D eigenvalue weighted by Crippen LogP contribution is 2.19. The van der Waals surface area contributed by atoms with Gasteiger partial charge in [-0.3, -0.25) is 4.99 Å². The van der Waals surface area contributed by atoms with Gasteiger partial charge < -0.3 is 19.8 Å². The zero-order valence-corrected chi connectivity index (χ0v) is 19.2. The fourth-order valence-electron chi connectivity index (χ4n) is 2.63. The van der Waals surface area contributed by atoms with Crippen molar-refractivity contribution in [3.63, 3.8) is 0 Å². The van der Waals surface area contributed by atoms with Gasteiger partial charge in [-0.05, 0) is 38.1 Å². The van der Waals surface area contributed by atoms with Gasteiger partial charge in [-0.2, -0.15) is 0 Å². The zero-order chi connectivity index (χ0) is 19.8. The topological polar surface area (TPSA) is 71.7 Å². The van der Waals surface area contributed by atoms with E-state index in [2.05, 4.69) is 27.5 Å². The highest BCUT2D eigenvalue weighted by Gasteiger charge is 2.09. The average Bonchev–Trinajstić information content (AvgIpc) is 3.18. The minimum Gasteiger partial charge on any atom is -0.489 e. The van der Waals surface area contributed by atoms with E-state index in [-0.39, 0.29) is 30.1 Å². The largest absolute Gasteiger partial charge is 0.489 e. The molecule has 1 heterocycles. The summed E-state index contributed by atoms with van der Waals surface area (Å²) in [6.07, 6.45) is 1.66. The predicted octanol–water partition coefficient (Wildman–Crippen LogP) is 4.40. The summed E-state index contributed by atoms with van der Waals surface area (Å²) in [5, 5.41) is 6.50. The Morgan fingerprint density at radius 1 is 1.10 bits per heavy atom. The zero-order valence-electron chi connectivity index (χ0n) is 16.9. The van der Waals surface area contributed by atoms with Crippen molar-refractivity contribution in [2.24, 2.45) is 4.99 Å². The van der Waals surface area contributed by atoms with E-state index in [0.29, 0.717) is 24.9 Å². The average molecular weight is 506 g/mol. The van der Waals surface area contributed by atoms with Crippen molar-refractivity contribution in [3.8, 4) is 17.2 Å². The molecule has 1 atom stereocenters. The number of benzene rings is 2. The van der Waals surface area contributed by atoms with Crippen LogP contribution in [0.2, 0.25) is 0 Å². The third-order valence-electron chi connectivity index (χ3n) is 4.15. The molecular formula is C22H27IN4O2. The van der Waals surface area contributed by atoms with Crippen LogP contribution in [0.5, 0.6) is 5.75 Å². The number of oxazole rings is 1. The molecule has 0 bridgehead atoms. The molecule has 2 N–H and O–H groups in total. The lowest BCUT2D eigenvalue weighted by Crippen LogP contribution is -2.41. The van der Waals surface area contributed by atoms with E-state index >= 15 is 0 Å². The van der Waals surface area contributed by atoms with Gasteiger partial charge in [0.25, 0.3) is 0 Å². The van der Waals surface area contributed by atoms with Crippen molar-refractivity contribution >= 4 is 29.9 Å². The Bertz CT molecular complexity index is 895. The van der Waals surface area contributed by atoms with Gasteiger partial charge in [-0.1, -0.05) is 35.9 Å². The van der Waals surface area contributed by atoms with E-state index in [1.54, 1.807) is 13.3 Å². The Balaban J connectivity index is 0.00000300. The number of rotatable bonds is 7. The first-order valence-corrected chi connectivity index (χ1v) is 9.31. The highest BCUT2D eigenvalue weighted by molar-refractivity contribution is 14.0. The third kappa shape index (κ3) is 7.08. The fraction of sp³-hybridized carbons (Fsp3) is 0.273. The van der Waals surface area contributed by atoms with Crippen LogP contribution in [0.3, 0.4) is 0 Å². The molecule has 0 amide bonds. The van der Waals surface area contributed by atoms with Crippen molar-refractivity contribution in [3.05, 3.63) is 72.1 Å². The molecule has 154 valence electrons. The molecule has 3 rings (SSSR count). The lowest BCUT2D eigenvalue weighted by atomic mass is 10.1. The molecule has 0 saturated carbocycles. The number of nitrogens with zero attached hydrogens (tertiary/aromatic N) is 2. The molecule has 1 aromatic heterocycles. The summed E-state index contributed by atoms with van der Waals surface area (Å²) in [5.74, 6) is 2.15. The molecule has 6 nitrogen and oxygen atoms in total. The molecule has 0 spiro atoms. The van der Waals surface area contributed by atoms with Crippen molar-refractivity contribution in [1.29, 1.82) is 0 Å². The summed E-state index contributed by atoms with van der Waals surface area (Å²) in [4.78, 5) is 8.77. The number of hydrogen-bond donors (Lipinski definition) is 2. The Morgan fingerprint density at radius 2 is 1.83 bits per heavy atom. The fourth-order valence-corrected chi connectivity index (χ4v) is 2.63. The Hall–Kier alpha value is -2.55. The van der Waals surface area contributed by atoms with Crippen LogP contribution in [-0.4, -0.2) is 30.6 Å². The number of nitrogens with one attached hydrogen (secondary N) is 2. The van der Waals surface area contributed by atoms with Crippen LogP contribution in [0, 0.1) is 6.92 Å². The van der Waals surface area contributed by atoms with Gasteiger partial charge in [0, 0.05) is 12.6 Å². The number of aromatic nitrogens is 1. The van der Waals surface area contributed by atoms with Gasteiger partial charge >= 0.3 is 0 Å². The Kier molecular flexibility index (Phi) is 8.98. The smallest absolute Gasteiger partial charge is 0.226 e. The second-order valence-corrected chi connectivity index (χ2v) is 6.56. The predicted molar refractivity (Wildman–Crippen MR) is 127 cm³/mol. The lowest BCUT2D eigenvalue weighted by Gasteiger charge is -2.17. The summed E-state index contributed by atoms with van der Waals surface area (Å²) < 4.78 is 11.4. The van der Waals surface area contributed by atoms with Crippen LogP contribution in [0.25, 0.3) is 11.5 Å². The first kappa shape index (κ1) is 22.7. The SMILES string of the molecule is CN=C(NCc1coc(-c2ccc(C)cc2)n1)NCC(C)Oc1ccccc1.I. The van der Waals surface area contributed by atoms with E-state index in [1.165, 1.54) is 5.56 Å². The van der Waals surface area contributed by atoms with E-state index in [1.807, 2.05) is 61.5 Å². The minimum absolute atomic E-state index is 0. The van der Waals surface area contributed by atoms with Crippen molar-refractivity contribution < 1.29 is 9.15 Å². The van der Waals surface area contributed by atoms with Crippen LogP contribution in [0.4, 0.5) is 0 Å². The van der Waals surface area contributed by atoms with E-state index in [4.69, 9.17) is 9.15 Å². The molecule has 0 aliphatic carbocycles. The summed E-state index contributed by atoms with van der Waals surface area (Å²) in [6, 6.07) is 17.9. The van der Waals surface area contributed by atoms with Gasteiger partial charge in [0.15, 0.2) is 5.96 Å². The van der Waals surface area contributed by atoms with E-state index in [0.717, 1.165) is 17.0 Å². The monoisotopic (exact) mass is 506 g/mol. The van der Waals surface area contributed by atoms with Gasteiger partial charge in [0.2, 0.25) is 5.89 Å². The maximum Gasteiger partial charge on any atom is 0.226 e. The summed E-state index contributed by atoms with van der Waals surface area (Å²) in [6.45, 7) is 5.21. The van der Waals surface area contributed by atoms with Crippen molar-refractivity contribution in [1.82, 2.24) is 15.6 Å². The molecule has 0 radical (unpaired) electrons. The minimum atomic E-state index is 0. The first-order chi connectivity index (χ1) is 13.6. The van der Waals surface area contributed by atoms with Gasteiger partial charge in [-0.15, -0.1) is 24.0 Å². The third-order valence-corrected chi connectivity index (χ3v) is 4.15. The number of aryl methyl sites for hydroxylation is 1. The molecule has 1 unspecified atom stereocenters. The summed E-state index contributed by atoms with van der Waals surface area (Å²) >= 11 is 0. The van der Waals surface area contributed by atoms with E-state index < -0.39 is 0 Å². The summed E-state index contributed by atoms with van der Waals surface area (Å²) in [7, 11) is 1.73. The molecule has 7 heteroatoms. The maximum atomic E-state index is 5.86. The van der Waals surface area contributed by atoms with Crippen LogP contribution in [0.15, 0.2) is 70.3 Å². The Labute approximate surface area is 188 Å². The lowest BCUT2D eigenvalue weighted by molar-refractivity contribution is 0.224. The van der Waals surface area contributed by atoms with Gasteiger partial charge in [0.05, 0.1) is 18.8 Å². The number of hydrogen-bond acceptors (Lipinski definition) is 4. The highest BCUT2D eigenvalue weighted by atomic mass is 127. The molecule has 0 aliphatic rings. The molecular weight excluding hydrogens is 479 g/mol. The number of guanidine groups is 1. The summed E-state index contributed by atoms with van der Waals surface area (Å²) in [5.41, 5.74) is 2.98. The van der Waals surface area contributed by atoms with Gasteiger partial charge in [0.1, 0.15) is 18.1 Å². The van der Waals surface area contributed by atoms with Crippen LogP contribution in [0.1, 0.15) is 18.2 Å². The number of aliphatic imine (C=N–C) groups is 1. The first-order valence-electron chi connectivity index (χ1n) is 9.31. The maximum absolute atomic E-state index is 5.86. The van der Waals surface area contributed by atoms with Crippen molar-refractivity contribution in [2.75, 3.05) is 13.6 Å². The molecule has 0 aliphatic heterocycles. The molecule has 0 saturated heterocycles. The number of halogens is 1. The normalized spacial score (nSPS) is 12.0. The van der Waals surface area contributed by atoms with Crippen LogP contribution in [-0.2, 0) is 6.54 Å². The molecule has 29 heavy (non-hydrogen) atoms. The molecule has 3 aromatic rings. The van der Waals surface area contributed by atoms with Crippen LogP contribution >= 0.6 is 24.0 Å². The Morgan fingerprint density at radius 3 is 2.52 bits per heavy atom. The second-order valence-electron chi connectivity index (χ2n) is 6.56. The van der Waals surface area contributed by atoms with E-state index in [9.17, 15) is 0 Å². The number of ether oxygens (including phenoxy) is 1. The van der Waals surface area contributed by atoms with Gasteiger partial charge in [-0.25, -0.2) is 4.98 Å². The standard InChI is InChI=1S/C22H26N4O2.HI/c1-16-9-11-18(12-10-16)21-26-19(15-27-21)14-25-22(23-3)24-13-17(2)28-20-7-5-4-6-8-20;/h4-12,15,17H,13-14H2,1-3H3,(H2,23,24,25);1H. The molecule has 2 aromatic carbocycles. The quantitative estimate of drug-likeness (QED) is 0.283. The van der Waals surface area contributed by atoms with Crippen LogP contribution < -0.4 is 15.4 Å².